The number of nitrogens with zero attached hydrogens (tertiary/aromatic N) is 5. The van der Waals surface area contributed by atoms with Crippen LogP contribution in [0, 0.1) is 5.92 Å². The van der Waals surface area contributed by atoms with Gasteiger partial charge in [0.15, 0.2) is 9.84 Å². The third-order valence-corrected chi connectivity index (χ3v) is 7.28. The fraction of sp³-hybridized carbons (Fsp3) is 0.545. The summed E-state index contributed by atoms with van der Waals surface area (Å²) in [6.45, 7) is 5.08. The standard InChI is InChI=1S/C22H29N5O3S/c1-16-6-5-11-27(15-16)22-24-14-19(31(2,29)30)20(25-22)17-8-12-26(13-9-17)21(28)18-7-3-4-10-23-18/h3-4,7,10,14,16-17H,5-6,8-9,11-13,15H2,1-2H3. The molecule has 0 bridgehead atoms. The molecule has 8 nitrogen and oxygen atoms in total. The highest BCUT2D eigenvalue weighted by Crippen LogP contribution is 2.33. The summed E-state index contributed by atoms with van der Waals surface area (Å²) in [5, 5.41) is 0. The summed E-state index contributed by atoms with van der Waals surface area (Å²) in [5.74, 6) is 1.06. The number of sulfone groups is 1. The molecule has 4 rings (SSSR count). The van der Waals surface area contributed by atoms with Crippen molar-refractivity contribution >= 4 is 21.7 Å². The quantitative estimate of drug-likeness (QED) is 0.716. The Bertz CT molecular complexity index is 1040. The number of likely N-dealkylation sites (tertiary alicyclic amines) is 1. The number of amides is 1. The second-order valence-corrected chi connectivity index (χ2v) is 10.7. The summed E-state index contributed by atoms with van der Waals surface area (Å²) < 4.78 is 24.9. The van der Waals surface area contributed by atoms with Crippen LogP contribution in [-0.2, 0) is 9.84 Å². The maximum absolute atomic E-state index is 12.7. The van der Waals surface area contributed by atoms with Gasteiger partial charge in [0, 0.05) is 44.5 Å². The Kier molecular flexibility index (Phi) is 6.22. The Labute approximate surface area is 183 Å². The van der Waals surface area contributed by atoms with Crippen molar-refractivity contribution in [2.75, 3.05) is 37.3 Å². The Morgan fingerprint density at radius 1 is 1.10 bits per heavy atom. The molecular formula is C22H29N5O3S. The van der Waals surface area contributed by atoms with Crippen LogP contribution in [0.2, 0.25) is 0 Å². The first-order valence-electron chi connectivity index (χ1n) is 10.8. The van der Waals surface area contributed by atoms with E-state index in [1.54, 1.807) is 29.3 Å². The number of rotatable bonds is 4. The first kappa shape index (κ1) is 21.7. The van der Waals surface area contributed by atoms with Crippen LogP contribution in [0.4, 0.5) is 5.95 Å². The van der Waals surface area contributed by atoms with Crippen LogP contribution in [0.15, 0.2) is 35.5 Å². The lowest BCUT2D eigenvalue weighted by Gasteiger charge is -2.34. The van der Waals surface area contributed by atoms with Gasteiger partial charge in [-0.1, -0.05) is 13.0 Å². The van der Waals surface area contributed by atoms with Crippen LogP contribution in [0.5, 0.6) is 0 Å². The minimum absolute atomic E-state index is 0.0264. The van der Waals surface area contributed by atoms with E-state index in [-0.39, 0.29) is 16.7 Å². The number of piperidine rings is 2. The number of anilines is 1. The monoisotopic (exact) mass is 443 g/mol. The fourth-order valence-electron chi connectivity index (χ4n) is 4.48. The molecule has 0 aromatic carbocycles. The van der Waals surface area contributed by atoms with Gasteiger partial charge in [-0.3, -0.25) is 9.78 Å². The molecule has 1 atom stereocenters. The van der Waals surface area contributed by atoms with Crippen molar-refractivity contribution in [1.82, 2.24) is 19.9 Å². The normalized spacial score (nSPS) is 20.6. The zero-order valence-electron chi connectivity index (χ0n) is 18.1. The summed E-state index contributed by atoms with van der Waals surface area (Å²) in [6, 6.07) is 5.30. The van der Waals surface area contributed by atoms with Gasteiger partial charge in [0.1, 0.15) is 10.6 Å². The molecule has 2 aromatic heterocycles. The summed E-state index contributed by atoms with van der Waals surface area (Å²) in [7, 11) is -3.45. The van der Waals surface area contributed by atoms with Crippen LogP contribution in [0.25, 0.3) is 0 Å². The molecule has 1 unspecified atom stereocenters. The van der Waals surface area contributed by atoms with Gasteiger partial charge in [-0.25, -0.2) is 18.4 Å². The maximum Gasteiger partial charge on any atom is 0.272 e. The summed E-state index contributed by atoms with van der Waals surface area (Å²) >= 11 is 0. The fourth-order valence-corrected chi connectivity index (χ4v) is 5.32. The molecule has 0 spiro atoms. The van der Waals surface area contributed by atoms with Crippen molar-refractivity contribution in [3.63, 3.8) is 0 Å². The van der Waals surface area contributed by atoms with Crippen LogP contribution in [-0.4, -0.2) is 66.6 Å². The molecule has 9 heteroatoms. The Morgan fingerprint density at radius 2 is 1.87 bits per heavy atom. The average molecular weight is 444 g/mol. The molecule has 166 valence electrons. The predicted molar refractivity (Wildman–Crippen MR) is 118 cm³/mol. The van der Waals surface area contributed by atoms with E-state index in [1.165, 1.54) is 18.9 Å². The van der Waals surface area contributed by atoms with Gasteiger partial charge < -0.3 is 9.80 Å². The van der Waals surface area contributed by atoms with Gasteiger partial charge in [0.25, 0.3) is 5.91 Å². The lowest BCUT2D eigenvalue weighted by Crippen LogP contribution is -2.39. The number of aromatic nitrogens is 3. The third kappa shape index (κ3) is 4.87. The highest BCUT2D eigenvalue weighted by Gasteiger charge is 2.31. The maximum atomic E-state index is 12.7. The van der Waals surface area contributed by atoms with E-state index in [0.717, 1.165) is 19.5 Å². The molecule has 2 aromatic rings. The van der Waals surface area contributed by atoms with E-state index in [2.05, 4.69) is 21.8 Å². The summed E-state index contributed by atoms with van der Waals surface area (Å²) in [5.41, 5.74) is 1.02. The van der Waals surface area contributed by atoms with Gasteiger partial charge in [-0.05, 0) is 43.7 Å². The number of carbonyl (C=O) groups is 1. The first-order valence-corrected chi connectivity index (χ1v) is 12.7. The molecule has 0 radical (unpaired) electrons. The van der Waals surface area contributed by atoms with Crippen molar-refractivity contribution in [2.45, 2.75) is 43.4 Å². The van der Waals surface area contributed by atoms with Crippen molar-refractivity contribution in [2.24, 2.45) is 5.92 Å². The van der Waals surface area contributed by atoms with Crippen LogP contribution in [0.1, 0.15) is 54.7 Å². The second-order valence-electron chi connectivity index (χ2n) is 8.67. The topological polar surface area (TPSA) is 96.4 Å². The van der Waals surface area contributed by atoms with E-state index in [0.29, 0.717) is 49.2 Å². The molecule has 2 aliphatic rings. The van der Waals surface area contributed by atoms with Crippen molar-refractivity contribution in [3.05, 3.63) is 42.0 Å². The molecule has 2 fully saturated rings. The van der Waals surface area contributed by atoms with E-state index < -0.39 is 9.84 Å². The van der Waals surface area contributed by atoms with E-state index in [1.807, 2.05) is 0 Å². The van der Waals surface area contributed by atoms with Gasteiger partial charge in [0.2, 0.25) is 5.95 Å². The minimum Gasteiger partial charge on any atom is -0.341 e. The highest BCUT2D eigenvalue weighted by molar-refractivity contribution is 7.90. The van der Waals surface area contributed by atoms with Crippen molar-refractivity contribution in [1.29, 1.82) is 0 Å². The van der Waals surface area contributed by atoms with Crippen molar-refractivity contribution in [3.8, 4) is 0 Å². The molecule has 1 amide bonds. The molecule has 0 N–H and O–H groups in total. The van der Waals surface area contributed by atoms with Gasteiger partial charge in [0.05, 0.1) is 11.9 Å². The van der Waals surface area contributed by atoms with E-state index in [9.17, 15) is 13.2 Å². The number of hydrogen-bond acceptors (Lipinski definition) is 7. The number of pyridine rings is 1. The summed E-state index contributed by atoms with van der Waals surface area (Å²) in [4.78, 5) is 30.2. The van der Waals surface area contributed by atoms with E-state index in [4.69, 9.17) is 4.98 Å². The van der Waals surface area contributed by atoms with Gasteiger partial charge in [-0.15, -0.1) is 0 Å². The number of carbonyl (C=O) groups excluding carboxylic acids is 1. The molecule has 31 heavy (non-hydrogen) atoms. The molecule has 0 saturated carbocycles. The molecular weight excluding hydrogens is 414 g/mol. The number of hydrogen-bond donors (Lipinski definition) is 0. The van der Waals surface area contributed by atoms with Crippen LogP contribution >= 0.6 is 0 Å². The average Bonchev–Trinajstić information content (AvgIpc) is 2.78. The SMILES string of the molecule is CC1CCCN(c2ncc(S(C)(=O)=O)c(C3CCN(C(=O)c4ccccn4)CC3)n2)C1. The van der Waals surface area contributed by atoms with Crippen molar-refractivity contribution < 1.29 is 13.2 Å². The molecule has 2 saturated heterocycles. The Hall–Kier alpha value is -2.55. The zero-order valence-corrected chi connectivity index (χ0v) is 18.9. The molecule has 2 aliphatic heterocycles. The lowest BCUT2D eigenvalue weighted by atomic mass is 9.93. The molecule has 4 heterocycles. The summed E-state index contributed by atoms with van der Waals surface area (Å²) in [6.07, 6.45) is 7.88. The highest BCUT2D eigenvalue weighted by atomic mass is 32.2. The Morgan fingerprint density at radius 3 is 2.52 bits per heavy atom. The van der Waals surface area contributed by atoms with Crippen LogP contribution in [0.3, 0.4) is 0 Å². The van der Waals surface area contributed by atoms with Gasteiger partial charge in [-0.2, -0.15) is 0 Å². The first-order chi connectivity index (χ1) is 14.8. The smallest absolute Gasteiger partial charge is 0.272 e. The molecule has 0 aliphatic carbocycles. The largest absolute Gasteiger partial charge is 0.341 e. The van der Waals surface area contributed by atoms with Crippen LogP contribution < -0.4 is 4.90 Å². The predicted octanol–water partition coefficient (Wildman–Crippen LogP) is 2.53. The van der Waals surface area contributed by atoms with E-state index >= 15 is 0 Å². The second kappa shape index (κ2) is 8.90. The zero-order chi connectivity index (χ0) is 22.0. The Balaban J connectivity index is 1.55. The minimum atomic E-state index is -3.45. The third-order valence-electron chi connectivity index (χ3n) is 6.16. The van der Waals surface area contributed by atoms with Gasteiger partial charge >= 0.3 is 0 Å². The lowest BCUT2D eigenvalue weighted by molar-refractivity contribution is 0.0705.